The van der Waals surface area contributed by atoms with Gasteiger partial charge in [-0.3, -0.25) is 4.99 Å². The second-order valence-corrected chi connectivity index (χ2v) is 8.40. The average Bonchev–Trinajstić information content (AvgIpc) is 3.09. The third-order valence-corrected chi connectivity index (χ3v) is 6.08. The van der Waals surface area contributed by atoms with Crippen molar-refractivity contribution in [1.29, 1.82) is 0 Å². The Morgan fingerprint density at radius 3 is 2.42 bits per heavy atom. The van der Waals surface area contributed by atoms with Gasteiger partial charge in [-0.05, 0) is 17.7 Å². The Bertz CT molecular complexity index is 819. The van der Waals surface area contributed by atoms with Crippen LogP contribution in [-0.2, 0) is 22.3 Å². The van der Waals surface area contributed by atoms with Gasteiger partial charge in [0.25, 0.3) is 0 Å². The molecule has 0 amide bonds. The van der Waals surface area contributed by atoms with Gasteiger partial charge in [0, 0.05) is 14.1 Å². The van der Waals surface area contributed by atoms with Crippen LogP contribution in [-0.4, -0.2) is 76.4 Å². The molecule has 0 unspecified atom stereocenters. The van der Waals surface area contributed by atoms with E-state index in [0.717, 1.165) is 23.9 Å². The van der Waals surface area contributed by atoms with Gasteiger partial charge in [-0.2, -0.15) is 26.3 Å². The zero-order valence-electron chi connectivity index (χ0n) is 16.3. The Morgan fingerprint density at radius 2 is 1.84 bits per heavy atom. The lowest BCUT2D eigenvalue weighted by molar-refractivity contribution is -0.287. The number of alkyl halides is 6. The lowest BCUT2D eigenvalue weighted by Gasteiger charge is -2.41. The minimum absolute atomic E-state index is 0.138. The van der Waals surface area contributed by atoms with Crippen LogP contribution in [0.5, 0.6) is 0 Å². The highest BCUT2D eigenvalue weighted by atomic mass is 32.2. The van der Waals surface area contributed by atoms with E-state index in [1.54, 1.807) is 19.0 Å². The number of amidine groups is 1. The lowest BCUT2D eigenvalue weighted by Crippen LogP contribution is -2.61. The van der Waals surface area contributed by atoms with Gasteiger partial charge in [0.1, 0.15) is 29.8 Å². The van der Waals surface area contributed by atoms with Gasteiger partial charge < -0.3 is 24.6 Å². The molecule has 1 fully saturated rings. The molecule has 2 aliphatic heterocycles. The van der Waals surface area contributed by atoms with Gasteiger partial charge in [-0.15, -0.1) is 0 Å². The van der Waals surface area contributed by atoms with E-state index in [-0.39, 0.29) is 5.56 Å². The van der Waals surface area contributed by atoms with Crippen LogP contribution >= 0.6 is 11.8 Å². The standard InChI is InChI=1S/C18H20F6N2O4S/c1-26(2)16-25-10-11(27)12(28)13(30-15(10)31-16)14(18(22,23)24)29-7-8-4-3-5-9(6-8)17(19,20)21/h3-6,10-15,27-28H,7H2,1-2H3/t10-,11-,12+,13+,14-,15-/m1/s1. The van der Waals surface area contributed by atoms with Crippen molar-refractivity contribution in [1.82, 2.24) is 4.90 Å². The largest absolute Gasteiger partial charge is 0.417 e. The summed E-state index contributed by atoms with van der Waals surface area (Å²) in [6.45, 7) is -0.808. The van der Waals surface area contributed by atoms with Crippen molar-refractivity contribution in [3.8, 4) is 0 Å². The molecule has 1 aromatic rings. The first-order valence-corrected chi connectivity index (χ1v) is 9.95. The Balaban J connectivity index is 1.78. The van der Waals surface area contributed by atoms with Gasteiger partial charge in [-0.1, -0.05) is 23.9 Å². The van der Waals surface area contributed by atoms with Gasteiger partial charge in [-0.25, -0.2) is 0 Å². The van der Waals surface area contributed by atoms with Crippen molar-refractivity contribution >= 4 is 16.9 Å². The normalized spacial score (nSPS) is 30.0. The summed E-state index contributed by atoms with van der Waals surface area (Å²) in [6, 6.07) is 2.75. The zero-order valence-corrected chi connectivity index (χ0v) is 17.1. The van der Waals surface area contributed by atoms with Crippen LogP contribution in [0.25, 0.3) is 0 Å². The molecule has 0 aliphatic carbocycles. The Labute approximate surface area is 177 Å². The van der Waals surface area contributed by atoms with Crippen molar-refractivity contribution in [2.24, 2.45) is 4.99 Å². The smallest absolute Gasteiger partial charge is 0.388 e. The number of aliphatic imine (C=N–C) groups is 1. The predicted octanol–water partition coefficient (Wildman–Crippen LogP) is 2.63. The summed E-state index contributed by atoms with van der Waals surface area (Å²) >= 11 is 0.994. The minimum atomic E-state index is -5.02. The number of aliphatic hydroxyl groups is 2. The number of thioether (sulfide) groups is 1. The molecule has 0 saturated carbocycles. The fourth-order valence-corrected chi connectivity index (χ4v) is 4.39. The van der Waals surface area contributed by atoms with Crippen LogP contribution in [0, 0.1) is 0 Å². The Hall–Kier alpha value is -1.54. The predicted molar refractivity (Wildman–Crippen MR) is 99.3 cm³/mol. The number of ether oxygens (including phenoxy) is 2. The van der Waals surface area contributed by atoms with Gasteiger partial charge in [0.15, 0.2) is 11.3 Å². The Morgan fingerprint density at radius 1 is 1.16 bits per heavy atom. The maximum Gasteiger partial charge on any atom is 0.417 e. The first-order chi connectivity index (χ1) is 14.3. The molecule has 1 aromatic carbocycles. The van der Waals surface area contributed by atoms with Gasteiger partial charge in [0.2, 0.25) is 0 Å². The summed E-state index contributed by atoms with van der Waals surface area (Å²) in [7, 11) is 3.31. The molecule has 0 aromatic heterocycles. The zero-order chi connectivity index (χ0) is 23.1. The number of halogens is 6. The number of hydrogen-bond donors (Lipinski definition) is 2. The first-order valence-electron chi connectivity index (χ1n) is 9.07. The number of rotatable bonds is 4. The number of hydrogen-bond acceptors (Lipinski definition) is 7. The molecule has 2 heterocycles. The summed E-state index contributed by atoms with van der Waals surface area (Å²) in [6.07, 6.45) is -18.0. The van der Waals surface area contributed by atoms with E-state index in [1.807, 2.05) is 0 Å². The number of benzene rings is 1. The summed E-state index contributed by atoms with van der Waals surface area (Å²) in [5, 5.41) is 21.0. The average molecular weight is 474 g/mol. The molecule has 0 spiro atoms. The van der Waals surface area contributed by atoms with Crippen LogP contribution in [0.1, 0.15) is 11.1 Å². The molecule has 1 saturated heterocycles. The van der Waals surface area contributed by atoms with E-state index in [2.05, 4.69) is 4.99 Å². The van der Waals surface area contributed by atoms with E-state index in [4.69, 9.17) is 9.47 Å². The fourth-order valence-electron chi connectivity index (χ4n) is 3.24. The lowest BCUT2D eigenvalue weighted by atomic mass is 9.94. The highest BCUT2D eigenvalue weighted by molar-refractivity contribution is 8.14. The number of aliphatic hydroxyl groups excluding tert-OH is 2. The summed E-state index contributed by atoms with van der Waals surface area (Å²) in [5.41, 5.74) is -2.15. The van der Waals surface area contributed by atoms with Crippen molar-refractivity contribution in [2.75, 3.05) is 14.1 Å². The third-order valence-electron chi connectivity index (χ3n) is 4.78. The topological polar surface area (TPSA) is 74.5 Å². The van der Waals surface area contributed by atoms with Crippen LogP contribution in [0.4, 0.5) is 26.3 Å². The molecular formula is C18H20F6N2O4S. The Kier molecular flexibility index (Phi) is 6.82. The van der Waals surface area contributed by atoms with Crippen molar-refractivity contribution in [3.63, 3.8) is 0 Å². The minimum Gasteiger partial charge on any atom is -0.388 e. The second kappa shape index (κ2) is 8.77. The molecular weight excluding hydrogens is 454 g/mol. The molecule has 0 radical (unpaired) electrons. The molecule has 3 rings (SSSR count). The van der Waals surface area contributed by atoms with E-state index in [0.29, 0.717) is 11.2 Å². The number of fused-ring (bicyclic) bond motifs is 1. The maximum absolute atomic E-state index is 13.7. The molecule has 6 atom stereocenters. The van der Waals surface area contributed by atoms with E-state index >= 15 is 0 Å². The van der Waals surface area contributed by atoms with Crippen LogP contribution in [0.3, 0.4) is 0 Å². The van der Waals surface area contributed by atoms with Crippen molar-refractivity contribution in [2.45, 2.75) is 54.9 Å². The summed E-state index contributed by atoms with van der Waals surface area (Å²) in [5.74, 6) is 0. The fraction of sp³-hybridized carbons (Fsp3) is 0.611. The molecule has 13 heteroatoms. The highest BCUT2D eigenvalue weighted by Crippen LogP contribution is 2.41. The van der Waals surface area contributed by atoms with Crippen LogP contribution in [0.2, 0.25) is 0 Å². The van der Waals surface area contributed by atoms with Crippen molar-refractivity contribution < 1.29 is 46.0 Å². The van der Waals surface area contributed by atoms with Crippen molar-refractivity contribution in [3.05, 3.63) is 35.4 Å². The summed E-state index contributed by atoms with van der Waals surface area (Å²) < 4.78 is 89.9. The summed E-state index contributed by atoms with van der Waals surface area (Å²) in [4.78, 5) is 5.75. The first kappa shape index (κ1) is 24.1. The third kappa shape index (κ3) is 5.28. The molecule has 0 bridgehead atoms. The van der Waals surface area contributed by atoms with Crippen LogP contribution in [0.15, 0.2) is 29.3 Å². The van der Waals surface area contributed by atoms with Gasteiger partial charge >= 0.3 is 12.4 Å². The SMILES string of the molecule is CN(C)C1=N[C@@H]2[C@@H](O)[C@H](O)[C@@H]([C@@H](OCc3cccc(C(F)(F)F)c3)C(F)(F)F)O[C@@H]2S1. The molecule has 6 nitrogen and oxygen atoms in total. The second-order valence-electron chi connectivity index (χ2n) is 7.34. The molecule has 2 aliphatic rings. The number of nitrogens with zero attached hydrogens (tertiary/aromatic N) is 2. The quantitative estimate of drug-likeness (QED) is 0.654. The van der Waals surface area contributed by atoms with E-state index < -0.39 is 60.4 Å². The van der Waals surface area contributed by atoms with Crippen LogP contribution < -0.4 is 0 Å². The molecule has 2 N–H and O–H groups in total. The van der Waals surface area contributed by atoms with Gasteiger partial charge in [0.05, 0.1) is 12.2 Å². The highest BCUT2D eigenvalue weighted by Gasteiger charge is 2.57. The van der Waals surface area contributed by atoms with E-state index in [9.17, 15) is 36.6 Å². The monoisotopic (exact) mass is 474 g/mol. The maximum atomic E-state index is 13.7. The molecule has 174 valence electrons. The van der Waals surface area contributed by atoms with E-state index in [1.165, 1.54) is 6.07 Å². The molecule has 31 heavy (non-hydrogen) atoms.